The highest BCUT2D eigenvalue weighted by molar-refractivity contribution is 6.10. The molecule has 0 amide bonds. The van der Waals surface area contributed by atoms with Crippen LogP contribution < -0.4 is 4.90 Å². The van der Waals surface area contributed by atoms with Gasteiger partial charge < -0.3 is 4.90 Å². The summed E-state index contributed by atoms with van der Waals surface area (Å²) < 4.78 is 0. The second-order valence-corrected chi connectivity index (χ2v) is 14.1. The van der Waals surface area contributed by atoms with Crippen LogP contribution in [0.1, 0.15) is 0 Å². The predicted molar refractivity (Wildman–Crippen MR) is 235 cm³/mol. The molecule has 0 atom stereocenters. The lowest BCUT2D eigenvalue weighted by molar-refractivity contribution is 1.30. The molecule has 0 saturated carbocycles. The van der Waals surface area contributed by atoms with Gasteiger partial charge in [0.1, 0.15) is 0 Å². The van der Waals surface area contributed by atoms with Crippen LogP contribution in [0, 0.1) is 0 Å². The zero-order chi connectivity index (χ0) is 36.6. The number of fused-ring (bicyclic) bond motifs is 3. The van der Waals surface area contributed by atoms with Crippen LogP contribution in [0.3, 0.4) is 0 Å². The molecule has 1 nitrogen and oxygen atoms in total. The summed E-state index contributed by atoms with van der Waals surface area (Å²) >= 11 is 0. The molecule has 0 radical (unpaired) electrons. The van der Waals surface area contributed by atoms with Crippen molar-refractivity contribution in [2.75, 3.05) is 4.90 Å². The maximum absolute atomic E-state index is 2.41. The summed E-state index contributed by atoms with van der Waals surface area (Å²) in [5, 5.41) is 7.42. The molecule has 55 heavy (non-hydrogen) atoms. The molecule has 0 saturated heterocycles. The van der Waals surface area contributed by atoms with Crippen LogP contribution in [-0.4, -0.2) is 0 Å². The van der Waals surface area contributed by atoms with Gasteiger partial charge in [-0.3, -0.25) is 0 Å². The number of benzene rings is 10. The molecule has 10 aromatic rings. The van der Waals surface area contributed by atoms with Crippen LogP contribution in [0.2, 0.25) is 0 Å². The Morgan fingerprint density at radius 1 is 0.236 bits per heavy atom. The molecule has 0 fully saturated rings. The Bertz CT molecular complexity index is 2940. The second-order valence-electron chi connectivity index (χ2n) is 14.1. The fraction of sp³-hybridized carbons (Fsp3) is 0. The Balaban J connectivity index is 1.10. The van der Waals surface area contributed by atoms with Crippen molar-refractivity contribution in [3.8, 4) is 44.5 Å². The summed E-state index contributed by atoms with van der Waals surface area (Å²) in [5.74, 6) is 0. The van der Waals surface area contributed by atoms with Crippen molar-refractivity contribution in [3.05, 3.63) is 224 Å². The van der Waals surface area contributed by atoms with Crippen molar-refractivity contribution < 1.29 is 0 Å². The number of rotatable bonds is 7. The van der Waals surface area contributed by atoms with Gasteiger partial charge >= 0.3 is 0 Å². The van der Waals surface area contributed by atoms with Crippen molar-refractivity contribution >= 4 is 49.4 Å². The Labute approximate surface area is 322 Å². The average molecular weight is 700 g/mol. The Kier molecular flexibility index (Phi) is 8.24. The number of hydrogen-bond acceptors (Lipinski definition) is 1. The van der Waals surface area contributed by atoms with Gasteiger partial charge in [-0.25, -0.2) is 0 Å². The summed E-state index contributed by atoms with van der Waals surface area (Å²) in [5.41, 5.74) is 13.1. The van der Waals surface area contributed by atoms with Gasteiger partial charge in [0.25, 0.3) is 0 Å². The summed E-state index contributed by atoms with van der Waals surface area (Å²) in [6, 6.07) is 81.4. The first-order valence-corrected chi connectivity index (χ1v) is 18.9. The van der Waals surface area contributed by atoms with E-state index in [0.29, 0.717) is 0 Å². The van der Waals surface area contributed by atoms with Gasteiger partial charge in [0.15, 0.2) is 0 Å². The van der Waals surface area contributed by atoms with Gasteiger partial charge in [0, 0.05) is 16.8 Å². The van der Waals surface area contributed by atoms with E-state index < -0.39 is 0 Å². The largest absolute Gasteiger partial charge is 0.310 e. The molecule has 0 unspecified atom stereocenters. The topological polar surface area (TPSA) is 3.24 Å². The van der Waals surface area contributed by atoms with Gasteiger partial charge in [-0.15, -0.1) is 0 Å². The SMILES string of the molecule is c1ccc(-c2ccc(N(c3ccc(-c4cccc5cc(-c6ccccc6)ccc45)cc3)c3ccc(-c4cccc5ccccc45)c4ccccc34)cc2)cc1. The van der Waals surface area contributed by atoms with E-state index in [9.17, 15) is 0 Å². The minimum atomic E-state index is 1.10. The van der Waals surface area contributed by atoms with E-state index in [1.165, 1.54) is 76.8 Å². The van der Waals surface area contributed by atoms with Crippen LogP contribution >= 0.6 is 0 Å². The molecular weight excluding hydrogens is 663 g/mol. The number of anilines is 3. The smallest absolute Gasteiger partial charge is 0.0540 e. The van der Waals surface area contributed by atoms with Gasteiger partial charge in [0.2, 0.25) is 0 Å². The van der Waals surface area contributed by atoms with E-state index in [4.69, 9.17) is 0 Å². The maximum Gasteiger partial charge on any atom is 0.0540 e. The molecule has 0 aliphatic heterocycles. The number of hydrogen-bond donors (Lipinski definition) is 0. The predicted octanol–water partition coefficient (Wildman–Crippen LogP) is 15.3. The Morgan fingerprint density at radius 3 is 1.42 bits per heavy atom. The highest BCUT2D eigenvalue weighted by atomic mass is 15.1. The molecule has 10 rings (SSSR count). The fourth-order valence-corrected chi connectivity index (χ4v) is 8.17. The second kappa shape index (κ2) is 14.0. The van der Waals surface area contributed by atoms with Crippen LogP contribution in [0.15, 0.2) is 224 Å². The zero-order valence-corrected chi connectivity index (χ0v) is 30.3. The van der Waals surface area contributed by atoms with E-state index in [1.54, 1.807) is 0 Å². The molecule has 0 spiro atoms. The molecular formula is C54H37N. The quantitative estimate of drug-likeness (QED) is 0.160. The van der Waals surface area contributed by atoms with Crippen LogP contribution in [0.25, 0.3) is 76.8 Å². The molecule has 0 bridgehead atoms. The molecule has 10 aromatic carbocycles. The van der Waals surface area contributed by atoms with E-state index in [2.05, 4.69) is 229 Å². The van der Waals surface area contributed by atoms with Crippen molar-refractivity contribution in [2.45, 2.75) is 0 Å². The highest BCUT2D eigenvalue weighted by Gasteiger charge is 2.19. The first-order chi connectivity index (χ1) is 27.3. The van der Waals surface area contributed by atoms with Gasteiger partial charge in [-0.2, -0.15) is 0 Å². The standard InChI is InChI=1S/C54H37N/c1-3-13-38(14-4-1)40-25-30-45(31-26-40)55(54-36-35-52(51-21-9-10-22-53(51)54)50-24-11-18-41-17-7-8-20-48(41)50)46-32-27-42(28-33-46)47-23-12-19-44-37-43(29-34-49(44)47)39-15-5-2-6-16-39/h1-37H. The lowest BCUT2D eigenvalue weighted by Gasteiger charge is -2.28. The van der Waals surface area contributed by atoms with E-state index in [-0.39, 0.29) is 0 Å². The monoisotopic (exact) mass is 699 g/mol. The zero-order valence-electron chi connectivity index (χ0n) is 30.3. The van der Waals surface area contributed by atoms with E-state index >= 15 is 0 Å². The third-order valence-electron chi connectivity index (χ3n) is 10.9. The first kappa shape index (κ1) is 32.4. The molecule has 0 heterocycles. The van der Waals surface area contributed by atoms with Crippen molar-refractivity contribution in [1.82, 2.24) is 0 Å². The molecule has 0 N–H and O–H groups in total. The minimum absolute atomic E-state index is 1.10. The van der Waals surface area contributed by atoms with Crippen LogP contribution in [-0.2, 0) is 0 Å². The maximum atomic E-state index is 2.41. The molecule has 258 valence electrons. The van der Waals surface area contributed by atoms with E-state index in [0.717, 1.165) is 17.1 Å². The van der Waals surface area contributed by atoms with Gasteiger partial charge in [-0.05, 0) is 108 Å². The first-order valence-electron chi connectivity index (χ1n) is 18.9. The third-order valence-corrected chi connectivity index (χ3v) is 10.9. The van der Waals surface area contributed by atoms with Crippen molar-refractivity contribution in [1.29, 1.82) is 0 Å². The summed E-state index contributed by atoms with van der Waals surface area (Å²) in [4.78, 5) is 2.41. The summed E-state index contributed by atoms with van der Waals surface area (Å²) in [6.07, 6.45) is 0. The minimum Gasteiger partial charge on any atom is -0.310 e. The van der Waals surface area contributed by atoms with Crippen LogP contribution in [0.5, 0.6) is 0 Å². The lowest BCUT2D eigenvalue weighted by atomic mass is 9.92. The molecule has 0 aromatic heterocycles. The number of nitrogens with zero attached hydrogens (tertiary/aromatic N) is 1. The molecule has 0 aliphatic carbocycles. The van der Waals surface area contributed by atoms with E-state index in [1.807, 2.05) is 0 Å². The highest BCUT2D eigenvalue weighted by Crippen LogP contribution is 2.44. The van der Waals surface area contributed by atoms with Gasteiger partial charge in [-0.1, -0.05) is 188 Å². The third kappa shape index (κ3) is 6.02. The van der Waals surface area contributed by atoms with Crippen molar-refractivity contribution in [3.63, 3.8) is 0 Å². The Hall–Kier alpha value is -7.22. The summed E-state index contributed by atoms with van der Waals surface area (Å²) in [6.45, 7) is 0. The molecule has 1 heteroatoms. The van der Waals surface area contributed by atoms with Crippen LogP contribution in [0.4, 0.5) is 17.1 Å². The van der Waals surface area contributed by atoms with Gasteiger partial charge in [0.05, 0.1) is 5.69 Å². The average Bonchev–Trinajstić information content (AvgIpc) is 3.27. The molecule has 0 aliphatic rings. The fourth-order valence-electron chi connectivity index (χ4n) is 8.17. The lowest BCUT2D eigenvalue weighted by Crippen LogP contribution is -2.10. The summed E-state index contributed by atoms with van der Waals surface area (Å²) in [7, 11) is 0. The van der Waals surface area contributed by atoms with Crippen molar-refractivity contribution in [2.24, 2.45) is 0 Å². The normalized spacial score (nSPS) is 11.3. The Morgan fingerprint density at radius 2 is 0.709 bits per heavy atom.